The van der Waals surface area contributed by atoms with E-state index >= 15 is 0 Å². The molecule has 0 unspecified atom stereocenters. The van der Waals surface area contributed by atoms with E-state index in [-0.39, 0.29) is 22.4 Å². The van der Waals surface area contributed by atoms with Crippen LogP contribution in [-0.4, -0.2) is 65.4 Å². The summed E-state index contributed by atoms with van der Waals surface area (Å²) >= 11 is 0. The second-order valence-electron chi connectivity index (χ2n) is 4.79. The van der Waals surface area contributed by atoms with Crippen LogP contribution in [0.1, 0.15) is 69.2 Å². The minimum atomic E-state index is 0. The van der Waals surface area contributed by atoms with Gasteiger partial charge in [-0.1, -0.05) is 69.2 Å². The zero-order chi connectivity index (χ0) is 20.6. The van der Waals surface area contributed by atoms with Crippen molar-refractivity contribution in [3.8, 4) is 0 Å². The van der Waals surface area contributed by atoms with E-state index in [4.69, 9.17) is 0 Å². The summed E-state index contributed by atoms with van der Waals surface area (Å²) in [7, 11) is 0. The van der Waals surface area contributed by atoms with Gasteiger partial charge in [0.25, 0.3) is 0 Å². The third-order valence-electron chi connectivity index (χ3n) is 2.50. The number of hydrogen-bond donors (Lipinski definition) is 5. The normalized spacial score (nSPS) is 8.08. The van der Waals surface area contributed by atoms with Gasteiger partial charge in [-0.3, -0.25) is 0 Å². The van der Waals surface area contributed by atoms with E-state index in [1.165, 1.54) is 0 Å². The predicted octanol–water partition coefficient (Wildman–Crippen LogP) is 3.08. The minimum absolute atomic E-state index is 0. The summed E-state index contributed by atoms with van der Waals surface area (Å²) in [6.45, 7) is 31.9. The van der Waals surface area contributed by atoms with Gasteiger partial charge < -0.3 is 26.6 Å². The van der Waals surface area contributed by atoms with Crippen molar-refractivity contribution in [3.05, 3.63) is 0 Å². The van der Waals surface area contributed by atoms with Gasteiger partial charge in [0.1, 0.15) is 0 Å². The molecule has 0 saturated heterocycles. The second kappa shape index (κ2) is 63.7. The first-order valence-corrected chi connectivity index (χ1v) is 10.6. The van der Waals surface area contributed by atoms with Crippen LogP contribution in [0.5, 0.6) is 0 Å². The Labute approximate surface area is 183 Å². The molecule has 0 aromatic heterocycles. The summed E-state index contributed by atoms with van der Waals surface area (Å²) in [5.74, 6) is 0. The van der Waals surface area contributed by atoms with E-state index < -0.39 is 0 Å². The predicted molar refractivity (Wildman–Crippen MR) is 121 cm³/mol. The molecule has 26 heavy (non-hydrogen) atoms. The van der Waals surface area contributed by atoms with Crippen LogP contribution in [0.4, 0.5) is 0 Å². The molecule has 0 heterocycles. The Bertz CT molecular complexity index is 96.5. The molecule has 0 aromatic rings. The summed E-state index contributed by atoms with van der Waals surface area (Å²) in [6.07, 6.45) is 0. The van der Waals surface area contributed by atoms with Crippen molar-refractivity contribution in [2.75, 3.05) is 65.4 Å². The molecular formula is C20H55N5Ta. The number of nitrogens with one attached hydrogen (secondary N) is 5. The van der Waals surface area contributed by atoms with Crippen LogP contribution in [-0.2, 0) is 22.4 Å². The smallest absolute Gasteiger partial charge is 0 e. The maximum Gasteiger partial charge on any atom is 0 e. The largest absolute Gasteiger partial charge is 0.317 e. The third-order valence-corrected chi connectivity index (χ3v) is 2.50. The Morgan fingerprint density at radius 3 is 0.346 bits per heavy atom. The topological polar surface area (TPSA) is 60.1 Å². The monoisotopic (exact) mass is 546 g/mol. The van der Waals surface area contributed by atoms with E-state index in [9.17, 15) is 0 Å². The molecule has 1 radical (unpaired) electrons. The van der Waals surface area contributed by atoms with Crippen molar-refractivity contribution >= 4 is 0 Å². The van der Waals surface area contributed by atoms with Crippen LogP contribution in [0.2, 0.25) is 0 Å². The van der Waals surface area contributed by atoms with E-state index in [0.717, 1.165) is 65.4 Å². The first-order valence-electron chi connectivity index (χ1n) is 10.6. The van der Waals surface area contributed by atoms with Crippen LogP contribution in [0.15, 0.2) is 0 Å². The quantitative estimate of drug-likeness (QED) is 0.292. The molecule has 0 bridgehead atoms. The molecule has 0 spiro atoms. The van der Waals surface area contributed by atoms with Crippen molar-refractivity contribution in [2.24, 2.45) is 0 Å². The van der Waals surface area contributed by atoms with E-state index in [2.05, 4.69) is 95.8 Å². The van der Waals surface area contributed by atoms with Crippen LogP contribution in [0.25, 0.3) is 0 Å². The van der Waals surface area contributed by atoms with Gasteiger partial charge in [0.2, 0.25) is 0 Å². The second-order valence-corrected chi connectivity index (χ2v) is 4.79. The zero-order valence-electron chi connectivity index (χ0n) is 20.0. The van der Waals surface area contributed by atoms with Crippen LogP contribution in [0, 0.1) is 0 Å². The number of hydrogen-bond acceptors (Lipinski definition) is 5. The molecule has 0 fully saturated rings. The number of rotatable bonds is 10. The first kappa shape index (κ1) is 41.0. The van der Waals surface area contributed by atoms with Gasteiger partial charge in [-0.2, -0.15) is 0 Å². The molecule has 5 N–H and O–H groups in total. The Hall–Kier alpha value is 0.540. The molecule has 0 atom stereocenters. The SMILES string of the molecule is CCNCC.CCNCC.CCNCC.CCNCC.CCNCC.[Ta]. The van der Waals surface area contributed by atoms with Crippen molar-refractivity contribution in [3.63, 3.8) is 0 Å². The van der Waals surface area contributed by atoms with Gasteiger partial charge >= 0.3 is 0 Å². The fourth-order valence-corrected chi connectivity index (χ4v) is 1.25. The zero-order valence-corrected chi connectivity index (χ0v) is 23.2. The summed E-state index contributed by atoms with van der Waals surface area (Å²) in [5, 5.41) is 15.6. The molecule has 0 rings (SSSR count). The molecular weight excluding hydrogens is 491 g/mol. The summed E-state index contributed by atoms with van der Waals surface area (Å²) < 4.78 is 0. The van der Waals surface area contributed by atoms with E-state index in [1.807, 2.05) is 0 Å². The summed E-state index contributed by atoms with van der Waals surface area (Å²) in [6, 6.07) is 0. The van der Waals surface area contributed by atoms with Crippen LogP contribution >= 0.6 is 0 Å². The Kier molecular flexibility index (Phi) is 101. The Morgan fingerprint density at radius 1 is 0.269 bits per heavy atom. The fourth-order valence-electron chi connectivity index (χ4n) is 1.25. The molecule has 0 aliphatic rings. The third kappa shape index (κ3) is 122. The van der Waals surface area contributed by atoms with Gasteiger partial charge in [-0.15, -0.1) is 0 Å². The van der Waals surface area contributed by atoms with E-state index in [1.54, 1.807) is 0 Å². The van der Waals surface area contributed by atoms with Gasteiger partial charge in [-0.25, -0.2) is 0 Å². The van der Waals surface area contributed by atoms with Gasteiger partial charge in [-0.05, 0) is 65.4 Å². The van der Waals surface area contributed by atoms with E-state index in [0.29, 0.717) is 0 Å². The van der Waals surface area contributed by atoms with Crippen LogP contribution in [0.3, 0.4) is 0 Å². The maximum atomic E-state index is 3.11. The van der Waals surface area contributed by atoms with Crippen molar-refractivity contribution in [1.29, 1.82) is 0 Å². The molecule has 5 nitrogen and oxygen atoms in total. The molecule has 0 aromatic carbocycles. The maximum absolute atomic E-state index is 3.11. The average Bonchev–Trinajstić information content (AvgIpc) is 2.61. The van der Waals surface area contributed by atoms with Gasteiger partial charge in [0, 0.05) is 22.4 Å². The molecule has 6 heteroatoms. The Balaban J connectivity index is -0.0000000476. The molecule has 0 saturated carbocycles. The standard InChI is InChI=1S/5C4H11N.Ta/c5*1-3-5-4-2;/h5*5H,3-4H2,1-2H3;. The van der Waals surface area contributed by atoms with Gasteiger partial charge in [0.15, 0.2) is 0 Å². The fraction of sp³-hybridized carbons (Fsp3) is 1.00. The molecule has 0 aliphatic heterocycles. The molecule has 0 amide bonds. The Morgan fingerprint density at radius 2 is 0.346 bits per heavy atom. The van der Waals surface area contributed by atoms with Gasteiger partial charge in [0.05, 0.1) is 0 Å². The molecule has 165 valence electrons. The first-order chi connectivity index (χ1) is 12.1. The van der Waals surface area contributed by atoms with Crippen molar-refractivity contribution in [1.82, 2.24) is 26.6 Å². The van der Waals surface area contributed by atoms with Crippen LogP contribution < -0.4 is 26.6 Å². The molecule has 0 aliphatic carbocycles. The summed E-state index contributed by atoms with van der Waals surface area (Å²) in [4.78, 5) is 0. The minimum Gasteiger partial charge on any atom is -0.317 e. The summed E-state index contributed by atoms with van der Waals surface area (Å²) in [5.41, 5.74) is 0. The van der Waals surface area contributed by atoms with Crippen molar-refractivity contribution in [2.45, 2.75) is 69.2 Å². The van der Waals surface area contributed by atoms with Crippen molar-refractivity contribution < 1.29 is 22.4 Å². The average molecular weight is 547 g/mol.